The normalized spacial score (nSPS) is 10.9. The number of nitro benzene ring substituents is 1. The molecule has 2 aromatic carbocycles. The van der Waals surface area contributed by atoms with Crippen molar-refractivity contribution in [1.82, 2.24) is 9.97 Å². The number of nitrogens with zero attached hydrogens (tertiary/aromatic N) is 2. The van der Waals surface area contributed by atoms with Gasteiger partial charge < -0.3 is 10.3 Å². The number of thioether (sulfide) groups is 1. The van der Waals surface area contributed by atoms with E-state index in [0.717, 1.165) is 23.9 Å². The van der Waals surface area contributed by atoms with Crippen LogP contribution >= 0.6 is 11.8 Å². The molecule has 2 N–H and O–H groups in total. The zero-order valence-electron chi connectivity index (χ0n) is 13.4. The molecule has 0 spiro atoms. The number of halogens is 2. The predicted octanol–water partition coefficient (Wildman–Crippen LogP) is 3.79. The van der Waals surface area contributed by atoms with Gasteiger partial charge in [-0.25, -0.2) is 13.8 Å². The van der Waals surface area contributed by atoms with E-state index in [4.69, 9.17) is 0 Å². The second-order valence-electron chi connectivity index (χ2n) is 5.44. The molecule has 0 radical (unpaired) electrons. The summed E-state index contributed by atoms with van der Waals surface area (Å²) in [6, 6.07) is 6.42. The molecule has 0 aliphatic rings. The molecule has 0 bridgehead atoms. The van der Waals surface area contributed by atoms with E-state index in [1.165, 1.54) is 12.1 Å². The SMILES string of the molecule is Cc1ccc(NC(=O)CSc2nc3cc(F)c(F)cc3[nH]2)c([N+](=O)[O-])c1. The van der Waals surface area contributed by atoms with Crippen LogP contribution in [0.3, 0.4) is 0 Å². The maximum Gasteiger partial charge on any atom is 0.293 e. The van der Waals surface area contributed by atoms with Crippen molar-refractivity contribution in [3.05, 3.63) is 57.6 Å². The number of hydrogen-bond acceptors (Lipinski definition) is 5. The summed E-state index contributed by atoms with van der Waals surface area (Å²) in [5.74, 6) is -2.57. The lowest BCUT2D eigenvalue weighted by molar-refractivity contribution is -0.384. The zero-order valence-corrected chi connectivity index (χ0v) is 14.2. The maximum atomic E-state index is 13.2. The van der Waals surface area contributed by atoms with E-state index in [-0.39, 0.29) is 22.6 Å². The third kappa shape index (κ3) is 3.80. The van der Waals surface area contributed by atoms with E-state index < -0.39 is 22.5 Å². The largest absolute Gasteiger partial charge is 0.333 e. The molecule has 0 aliphatic heterocycles. The topological polar surface area (TPSA) is 101 Å². The van der Waals surface area contributed by atoms with Crippen LogP contribution in [0.15, 0.2) is 35.5 Å². The predicted molar refractivity (Wildman–Crippen MR) is 93.2 cm³/mol. The van der Waals surface area contributed by atoms with Crippen molar-refractivity contribution in [2.24, 2.45) is 0 Å². The fourth-order valence-electron chi connectivity index (χ4n) is 2.27. The van der Waals surface area contributed by atoms with Gasteiger partial charge in [0.1, 0.15) is 5.69 Å². The average molecular weight is 378 g/mol. The van der Waals surface area contributed by atoms with Gasteiger partial charge in [0.25, 0.3) is 5.69 Å². The lowest BCUT2D eigenvalue weighted by Crippen LogP contribution is -2.15. The number of anilines is 1. The van der Waals surface area contributed by atoms with Crippen LogP contribution in [0.4, 0.5) is 20.2 Å². The fraction of sp³-hybridized carbons (Fsp3) is 0.125. The first-order valence-corrected chi connectivity index (χ1v) is 8.34. The van der Waals surface area contributed by atoms with E-state index in [9.17, 15) is 23.7 Å². The van der Waals surface area contributed by atoms with Gasteiger partial charge in [-0.3, -0.25) is 14.9 Å². The van der Waals surface area contributed by atoms with Gasteiger partial charge in [-0.15, -0.1) is 0 Å². The van der Waals surface area contributed by atoms with Crippen LogP contribution in [0.1, 0.15) is 5.56 Å². The number of carbonyl (C=O) groups is 1. The third-order valence-corrected chi connectivity index (χ3v) is 4.34. The van der Waals surface area contributed by atoms with Crippen LogP contribution in [-0.4, -0.2) is 26.6 Å². The molecule has 3 rings (SSSR count). The minimum atomic E-state index is -1.01. The van der Waals surface area contributed by atoms with Gasteiger partial charge in [0.15, 0.2) is 16.8 Å². The highest BCUT2D eigenvalue weighted by Gasteiger charge is 2.16. The first-order valence-electron chi connectivity index (χ1n) is 7.36. The number of aromatic amines is 1. The van der Waals surface area contributed by atoms with E-state index in [1.807, 2.05) is 0 Å². The number of nitrogens with one attached hydrogen (secondary N) is 2. The van der Waals surface area contributed by atoms with Crippen molar-refractivity contribution in [2.75, 3.05) is 11.1 Å². The van der Waals surface area contributed by atoms with Crippen LogP contribution in [0.25, 0.3) is 11.0 Å². The Hall–Kier alpha value is -3.01. The Bertz CT molecular complexity index is 983. The number of carbonyl (C=O) groups excluding carboxylic acids is 1. The van der Waals surface area contributed by atoms with Crippen molar-refractivity contribution in [2.45, 2.75) is 12.1 Å². The molecule has 0 fully saturated rings. The number of aryl methyl sites for hydroxylation is 1. The van der Waals surface area contributed by atoms with Crippen molar-refractivity contribution >= 4 is 40.1 Å². The Balaban J connectivity index is 1.69. The van der Waals surface area contributed by atoms with Crippen LogP contribution in [0, 0.1) is 28.7 Å². The molecule has 0 unspecified atom stereocenters. The molecular formula is C16H12F2N4O3S. The van der Waals surface area contributed by atoms with Gasteiger partial charge in [0, 0.05) is 18.2 Å². The number of fused-ring (bicyclic) bond motifs is 1. The quantitative estimate of drug-likeness (QED) is 0.400. The van der Waals surface area contributed by atoms with Crippen LogP contribution in [0.2, 0.25) is 0 Å². The summed E-state index contributed by atoms with van der Waals surface area (Å²) >= 11 is 1.01. The number of aromatic nitrogens is 2. The molecule has 26 heavy (non-hydrogen) atoms. The van der Waals surface area contributed by atoms with Crippen molar-refractivity contribution in [1.29, 1.82) is 0 Å². The standard InChI is InChI=1S/C16H12F2N4O3S/c1-8-2-3-11(14(4-8)22(24)25)19-15(23)7-26-16-20-12-5-9(17)10(18)6-13(12)21-16/h2-6H,7H2,1H3,(H,19,23)(H,20,21). The summed E-state index contributed by atoms with van der Waals surface area (Å²) in [5, 5.41) is 13.8. The van der Waals surface area contributed by atoms with Gasteiger partial charge in [0.05, 0.1) is 21.7 Å². The summed E-state index contributed by atoms with van der Waals surface area (Å²) in [4.78, 5) is 29.4. The number of rotatable bonds is 5. The van der Waals surface area contributed by atoms with Gasteiger partial charge in [-0.05, 0) is 18.6 Å². The smallest absolute Gasteiger partial charge is 0.293 e. The molecule has 3 aromatic rings. The summed E-state index contributed by atoms with van der Waals surface area (Å²) in [5.41, 5.74) is 1.14. The molecule has 134 valence electrons. The highest BCUT2D eigenvalue weighted by Crippen LogP contribution is 2.26. The number of hydrogen-bond donors (Lipinski definition) is 2. The number of imidazole rings is 1. The lowest BCUT2D eigenvalue weighted by atomic mass is 10.2. The summed E-state index contributed by atoms with van der Waals surface area (Å²) in [6.07, 6.45) is 0. The molecule has 1 aromatic heterocycles. The molecule has 1 amide bonds. The molecule has 0 atom stereocenters. The minimum Gasteiger partial charge on any atom is -0.333 e. The third-order valence-electron chi connectivity index (χ3n) is 3.47. The summed E-state index contributed by atoms with van der Waals surface area (Å²) < 4.78 is 26.4. The Kier molecular flexibility index (Phi) is 4.85. The second-order valence-corrected chi connectivity index (χ2v) is 6.40. The highest BCUT2D eigenvalue weighted by molar-refractivity contribution is 7.99. The molecule has 10 heteroatoms. The van der Waals surface area contributed by atoms with Crippen molar-refractivity contribution in [3.63, 3.8) is 0 Å². The van der Waals surface area contributed by atoms with E-state index in [2.05, 4.69) is 15.3 Å². The van der Waals surface area contributed by atoms with Crippen LogP contribution < -0.4 is 5.32 Å². The fourth-order valence-corrected chi connectivity index (χ4v) is 2.95. The molecule has 1 heterocycles. The van der Waals surface area contributed by atoms with Gasteiger partial charge in [0.2, 0.25) is 5.91 Å². The number of H-pyrrole nitrogens is 1. The highest BCUT2D eigenvalue weighted by atomic mass is 32.2. The van der Waals surface area contributed by atoms with Gasteiger partial charge >= 0.3 is 0 Å². The van der Waals surface area contributed by atoms with Crippen molar-refractivity contribution in [3.8, 4) is 0 Å². The first-order chi connectivity index (χ1) is 12.3. The Labute approximate surface area is 150 Å². The lowest BCUT2D eigenvalue weighted by Gasteiger charge is -2.06. The molecule has 0 saturated heterocycles. The maximum absolute atomic E-state index is 13.2. The molecular weight excluding hydrogens is 366 g/mol. The van der Waals surface area contributed by atoms with Crippen LogP contribution in [0.5, 0.6) is 0 Å². The minimum absolute atomic E-state index is 0.0875. The first kappa shape index (κ1) is 17.8. The number of nitro groups is 1. The van der Waals surface area contributed by atoms with Gasteiger partial charge in [-0.1, -0.05) is 17.8 Å². The zero-order chi connectivity index (χ0) is 18.8. The Morgan fingerprint density at radius 3 is 2.77 bits per heavy atom. The molecule has 0 saturated carbocycles. The second kappa shape index (κ2) is 7.08. The average Bonchev–Trinajstić information content (AvgIpc) is 2.96. The Morgan fingerprint density at radius 1 is 1.31 bits per heavy atom. The summed E-state index contributed by atoms with van der Waals surface area (Å²) in [7, 11) is 0. The van der Waals surface area contributed by atoms with Crippen molar-refractivity contribution < 1.29 is 18.5 Å². The number of amides is 1. The summed E-state index contributed by atoms with van der Waals surface area (Å²) in [6.45, 7) is 1.71. The monoisotopic (exact) mass is 378 g/mol. The number of benzene rings is 2. The van der Waals surface area contributed by atoms with E-state index >= 15 is 0 Å². The Morgan fingerprint density at radius 2 is 2.04 bits per heavy atom. The molecule has 7 nitrogen and oxygen atoms in total. The molecule has 0 aliphatic carbocycles. The van der Waals surface area contributed by atoms with E-state index in [0.29, 0.717) is 16.2 Å². The van der Waals surface area contributed by atoms with Crippen LogP contribution in [-0.2, 0) is 4.79 Å². The van der Waals surface area contributed by atoms with Gasteiger partial charge in [-0.2, -0.15) is 0 Å². The van der Waals surface area contributed by atoms with E-state index in [1.54, 1.807) is 13.0 Å².